The first-order chi connectivity index (χ1) is 9.04. The minimum Gasteiger partial charge on any atom is -0.398 e. The van der Waals surface area contributed by atoms with E-state index in [2.05, 4.69) is 0 Å². The third-order valence-electron chi connectivity index (χ3n) is 3.23. The highest BCUT2D eigenvalue weighted by atomic mass is 35.5. The number of aliphatic hydroxyl groups excluding tert-OH is 1. The van der Waals surface area contributed by atoms with Crippen LogP contribution in [0.3, 0.4) is 0 Å². The Morgan fingerprint density at radius 1 is 1.42 bits per heavy atom. The average Bonchev–Trinajstić information content (AvgIpc) is 2.38. The van der Waals surface area contributed by atoms with Gasteiger partial charge in [0.2, 0.25) is 0 Å². The van der Waals surface area contributed by atoms with Gasteiger partial charge in [0.1, 0.15) is 0 Å². The summed E-state index contributed by atoms with van der Waals surface area (Å²) in [6.45, 7) is 4.30. The molecule has 0 saturated carbocycles. The lowest BCUT2D eigenvalue weighted by Crippen LogP contribution is -2.41. The van der Waals surface area contributed by atoms with Gasteiger partial charge < -0.3 is 15.7 Å². The zero-order chi connectivity index (χ0) is 14.4. The topological polar surface area (TPSA) is 66.6 Å². The number of nitrogens with zero attached hydrogens (tertiary/aromatic N) is 1. The van der Waals surface area contributed by atoms with Crippen molar-refractivity contribution in [1.82, 2.24) is 4.90 Å². The van der Waals surface area contributed by atoms with Crippen molar-refractivity contribution >= 4 is 23.2 Å². The first kappa shape index (κ1) is 15.8. The summed E-state index contributed by atoms with van der Waals surface area (Å²) in [4.78, 5) is 14.2. The van der Waals surface area contributed by atoms with Crippen LogP contribution in [0.15, 0.2) is 18.2 Å². The van der Waals surface area contributed by atoms with Crippen LogP contribution >= 0.6 is 11.6 Å². The number of anilines is 1. The van der Waals surface area contributed by atoms with Gasteiger partial charge in [-0.05, 0) is 31.0 Å². The van der Waals surface area contributed by atoms with Crippen molar-refractivity contribution in [1.29, 1.82) is 0 Å². The van der Waals surface area contributed by atoms with E-state index in [-0.39, 0.29) is 18.6 Å². The number of hydrogen-bond acceptors (Lipinski definition) is 3. The highest BCUT2D eigenvalue weighted by Gasteiger charge is 2.23. The summed E-state index contributed by atoms with van der Waals surface area (Å²) in [7, 11) is 0. The quantitative estimate of drug-likeness (QED) is 0.789. The Morgan fingerprint density at radius 3 is 2.53 bits per heavy atom. The molecule has 0 aliphatic rings. The molecule has 0 atom stereocenters. The Kier molecular flexibility index (Phi) is 6.12. The lowest BCUT2D eigenvalue weighted by molar-refractivity contribution is 0.0623. The number of halogens is 1. The molecule has 0 heterocycles. The highest BCUT2D eigenvalue weighted by molar-refractivity contribution is 6.31. The summed E-state index contributed by atoms with van der Waals surface area (Å²) in [5.41, 5.74) is 6.65. The van der Waals surface area contributed by atoms with Crippen molar-refractivity contribution in [3.8, 4) is 0 Å². The van der Waals surface area contributed by atoms with Crippen molar-refractivity contribution in [2.45, 2.75) is 32.7 Å². The van der Waals surface area contributed by atoms with Gasteiger partial charge in [0.05, 0.1) is 12.2 Å². The molecule has 19 heavy (non-hydrogen) atoms. The van der Waals surface area contributed by atoms with Gasteiger partial charge in [-0.2, -0.15) is 0 Å². The maximum Gasteiger partial charge on any atom is 0.256 e. The predicted molar refractivity (Wildman–Crippen MR) is 78.4 cm³/mol. The van der Waals surface area contributed by atoms with Crippen LogP contribution in [0.1, 0.15) is 37.0 Å². The monoisotopic (exact) mass is 284 g/mol. The van der Waals surface area contributed by atoms with Crippen LogP contribution in [0.4, 0.5) is 5.69 Å². The first-order valence-electron chi connectivity index (χ1n) is 6.51. The lowest BCUT2D eigenvalue weighted by atomic mass is 10.1. The second kappa shape index (κ2) is 7.36. The van der Waals surface area contributed by atoms with Crippen LogP contribution in [0.5, 0.6) is 0 Å². The number of rotatable bonds is 6. The van der Waals surface area contributed by atoms with Gasteiger partial charge >= 0.3 is 0 Å². The maximum atomic E-state index is 12.5. The van der Waals surface area contributed by atoms with Crippen molar-refractivity contribution < 1.29 is 9.90 Å². The standard InChI is InChI=1S/C14H21ClN2O2/c1-3-11(4-2)17(7-8-18)14(19)12-6-5-10(15)9-13(12)16/h5-6,9,11,18H,3-4,7-8,16H2,1-2H3. The molecule has 1 aromatic carbocycles. The second-order valence-electron chi connectivity index (χ2n) is 4.42. The fourth-order valence-corrected chi connectivity index (χ4v) is 2.35. The van der Waals surface area contributed by atoms with Crippen molar-refractivity contribution in [2.75, 3.05) is 18.9 Å². The highest BCUT2D eigenvalue weighted by Crippen LogP contribution is 2.21. The number of nitrogens with two attached hydrogens (primary N) is 1. The minimum atomic E-state index is -0.156. The van der Waals surface area contributed by atoms with Crippen LogP contribution in [0.2, 0.25) is 5.02 Å². The maximum absolute atomic E-state index is 12.5. The first-order valence-corrected chi connectivity index (χ1v) is 6.89. The summed E-state index contributed by atoms with van der Waals surface area (Å²) in [6.07, 6.45) is 1.69. The Balaban J connectivity index is 3.04. The van der Waals surface area contributed by atoms with Gasteiger partial charge in [0, 0.05) is 23.3 Å². The van der Waals surface area contributed by atoms with Crippen LogP contribution < -0.4 is 5.73 Å². The van der Waals surface area contributed by atoms with E-state index in [1.807, 2.05) is 13.8 Å². The van der Waals surface area contributed by atoms with Gasteiger partial charge in [-0.1, -0.05) is 25.4 Å². The number of carbonyl (C=O) groups is 1. The molecule has 0 bridgehead atoms. The molecule has 0 aromatic heterocycles. The largest absolute Gasteiger partial charge is 0.398 e. The van der Waals surface area contributed by atoms with E-state index in [1.165, 1.54) is 0 Å². The van der Waals surface area contributed by atoms with Crippen LogP contribution in [-0.2, 0) is 0 Å². The Bertz CT molecular complexity index is 433. The van der Waals surface area contributed by atoms with E-state index in [4.69, 9.17) is 22.4 Å². The van der Waals surface area contributed by atoms with Crippen LogP contribution in [-0.4, -0.2) is 35.1 Å². The van der Waals surface area contributed by atoms with E-state index < -0.39 is 0 Å². The van der Waals surface area contributed by atoms with Gasteiger partial charge in [0.15, 0.2) is 0 Å². The summed E-state index contributed by atoms with van der Waals surface area (Å²) in [5, 5.41) is 9.64. The molecule has 1 aromatic rings. The smallest absolute Gasteiger partial charge is 0.256 e. The third-order valence-corrected chi connectivity index (χ3v) is 3.46. The summed E-state index contributed by atoms with van der Waals surface area (Å²) in [5.74, 6) is -0.156. The fourth-order valence-electron chi connectivity index (χ4n) is 2.17. The molecule has 0 fully saturated rings. The number of benzene rings is 1. The molecule has 106 valence electrons. The number of hydrogen-bond donors (Lipinski definition) is 2. The fraction of sp³-hybridized carbons (Fsp3) is 0.500. The number of carbonyl (C=O) groups excluding carboxylic acids is 1. The van der Waals surface area contributed by atoms with Gasteiger partial charge in [-0.25, -0.2) is 0 Å². The summed E-state index contributed by atoms with van der Waals surface area (Å²) < 4.78 is 0. The van der Waals surface area contributed by atoms with E-state index in [0.717, 1.165) is 12.8 Å². The summed E-state index contributed by atoms with van der Waals surface area (Å²) >= 11 is 5.83. The molecule has 4 nitrogen and oxygen atoms in total. The van der Waals surface area contributed by atoms with Gasteiger partial charge in [-0.15, -0.1) is 0 Å². The zero-order valence-electron chi connectivity index (χ0n) is 11.4. The van der Waals surface area contributed by atoms with E-state index in [0.29, 0.717) is 22.8 Å². The van der Waals surface area contributed by atoms with Crippen molar-refractivity contribution in [2.24, 2.45) is 0 Å². The van der Waals surface area contributed by atoms with Crippen LogP contribution in [0, 0.1) is 0 Å². The lowest BCUT2D eigenvalue weighted by Gasteiger charge is -2.30. The molecule has 0 unspecified atom stereocenters. The van der Waals surface area contributed by atoms with Crippen molar-refractivity contribution in [3.05, 3.63) is 28.8 Å². The summed E-state index contributed by atoms with van der Waals surface area (Å²) in [6, 6.07) is 4.95. The molecular formula is C14H21ClN2O2. The van der Waals surface area contributed by atoms with Gasteiger partial charge in [-0.3, -0.25) is 4.79 Å². The van der Waals surface area contributed by atoms with Gasteiger partial charge in [0.25, 0.3) is 5.91 Å². The molecule has 0 spiro atoms. The normalized spacial score (nSPS) is 10.8. The van der Waals surface area contributed by atoms with Crippen molar-refractivity contribution in [3.63, 3.8) is 0 Å². The van der Waals surface area contributed by atoms with E-state index in [9.17, 15) is 4.79 Å². The predicted octanol–water partition coefficient (Wildman–Crippen LogP) is 2.55. The second-order valence-corrected chi connectivity index (χ2v) is 4.86. The third kappa shape index (κ3) is 3.85. The minimum absolute atomic E-state index is 0.0598. The van der Waals surface area contributed by atoms with E-state index in [1.54, 1.807) is 23.1 Å². The molecule has 1 rings (SSSR count). The Labute approximate surface area is 119 Å². The molecule has 0 saturated heterocycles. The molecule has 1 amide bonds. The average molecular weight is 285 g/mol. The number of amides is 1. The molecule has 0 radical (unpaired) electrons. The number of aliphatic hydroxyl groups is 1. The Hall–Kier alpha value is -1.26. The molecule has 3 N–H and O–H groups in total. The molecule has 5 heteroatoms. The Morgan fingerprint density at radius 2 is 2.05 bits per heavy atom. The molecule has 0 aliphatic carbocycles. The van der Waals surface area contributed by atoms with E-state index >= 15 is 0 Å². The SMILES string of the molecule is CCC(CC)N(CCO)C(=O)c1ccc(Cl)cc1N. The zero-order valence-corrected chi connectivity index (χ0v) is 12.2. The molecular weight excluding hydrogens is 264 g/mol. The molecule has 0 aliphatic heterocycles. The van der Waals surface area contributed by atoms with Crippen LogP contribution in [0.25, 0.3) is 0 Å². The number of nitrogen functional groups attached to an aromatic ring is 1.